The second kappa shape index (κ2) is 4.84. The second-order valence-corrected chi connectivity index (χ2v) is 5.44. The molecule has 0 saturated heterocycles. The van der Waals surface area contributed by atoms with E-state index in [1.165, 1.54) is 27.9 Å². The Hall–Kier alpha value is -2.43. The summed E-state index contributed by atoms with van der Waals surface area (Å²) < 4.78 is 14.6. The van der Waals surface area contributed by atoms with Crippen molar-refractivity contribution >= 4 is 11.6 Å². The summed E-state index contributed by atoms with van der Waals surface area (Å²) >= 11 is 0. The number of pyridine rings is 1. The molecule has 0 fully saturated rings. The Morgan fingerprint density at radius 3 is 2.90 bits per heavy atom. The van der Waals surface area contributed by atoms with Crippen LogP contribution < -0.4 is 5.32 Å². The molecule has 106 valence electrons. The standard InChI is InChI=1S/C16H15FN4/c17-13-6-8-15-19-16(20-21(15)10-13)18-14-7-5-11-3-1-2-4-12(11)9-14/h1-4,6,8,10,14H,5,7,9H2,(H,18,20). The van der Waals surface area contributed by atoms with Crippen LogP contribution in [0.25, 0.3) is 5.65 Å². The SMILES string of the molecule is Fc1ccc2nc(NC3CCc4ccccc4C3)nn2c1. The maximum Gasteiger partial charge on any atom is 0.243 e. The van der Waals surface area contributed by atoms with Crippen LogP contribution in [0.1, 0.15) is 17.5 Å². The van der Waals surface area contributed by atoms with E-state index in [-0.39, 0.29) is 5.82 Å². The van der Waals surface area contributed by atoms with Crippen LogP contribution in [0.2, 0.25) is 0 Å². The van der Waals surface area contributed by atoms with E-state index in [4.69, 9.17) is 0 Å². The fraction of sp³-hybridized carbons (Fsp3) is 0.250. The molecule has 0 radical (unpaired) electrons. The van der Waals surface area contributed by atoms with Gasteiger partial charge in [-0.1, -0.05) is 24.3 Å². The first kappa shape index (κ1) is 12.3. The number of hydrogen-bond acceptors (Lipinski definition) is 3. The van der Waals surface area contributed by atoms with Crippen molar-refractivity contribution in [2.75, 3.05) is 5.32 Å². The second-order valence-electron chi connectivity index (χ2n) is 5.44. The number of rotatable bonds is 2. The van der Waals surface area contributed by atoms with Crippen molar-refractivity contribution in [1.29, 1.82) is 0 Å². The topological polar surface area (TPSA) is 42.2 Å². The van der Waals surface area contributed by atoms with E-state index in [9.17, 15) is 4.39 Å². The van der Waals surface area contributed by atoms with Crippen molar-refractivity contribution < 1.29 is 4.39 Å². The molecule has 2 heterocycles. The average Bonchev–Trinajstić information content (AvgIpc) is 2.88. The Morgan fingerprint density at radius 2 is 2.00 bits per heavy atom. The molecule has 4 nitrogen and oxygen atoms in total. The molecule has 0 bridgehead atoms. The van der Waals surface area contributed by atoms with E-state index >= 15 is 0 Å². The summed E-state index contributed by atoms with van der Waals surface area (Å²) in [4.78, 5) is 4.38. The van der Waals surface area contributed by atoms with Crippen LogP contribution >= 0.6 is 0 Å². The third kappa shape index (κ3) is 2.35. The van der Waals surface area contributed by atoms with Gasteiger partial charge in [0.25, 0.3) is 0 Å². The molecule has 1 atom stereocenters. The number of fused-ring (bicyclic) bond motifs is 2. The number of hydrogen-bond donors (Lipinski definition) is 1. The molecule has 0 saturated carbocycles. The summed E-state index contributed by atoms with van der Waals surface area (Å²) in [5, 5.41) is 7.64. The van der Waals surface area contributed by atoms with E-state index in [1.807, 2.05) is 0 Å². The van der Waals surface area contributed by atoms with E-state index in [0.29, 0.717) is 17.6 Å². The highest BCUT2D eigenvalue weighted by Gasteiger charge is 2.19. The predicted octanol–water partition coefficient (Wildman–Crippen LogP) is 2.84. The largest absolute Gasteiger partial charge is 0.350 e. The van der Waals surface area contributed by atoms with Crippen LogP contribution in [0, 0.1) is 5.82 Å². The lowest BCUT2D eigenvalue weighted by Crippen LogP contribution is -2.27. The van der Waals surface area contributed by atoms with Gasteiger partial charge in [0.2, 0.25) is 5.95 Å². The predicted molar refractivity (Wildman–Crippen MR) is 78.8 cm³/mol. The Kier molecular flexibility index (Phi) is 2.84. The smallest absolute Gasteiger partial charge is 0.243 e. The summed E-state index contributed by atoms with van der Waals surface area (Å²) in [5.41, 5.74) is 3.46. The van der Waals surface area contributed by atoms with Gasteiger partial charge in [-0.3, -0.25) is 0 Å². The molecule has 4 rings (SSSR count). The molecule has 1 aliphatic carbocycles. The molecule has 21 heavy (non-hydrogen) atoms. The quantitative estimate of drug-likeness (QED) is 0.786. The molecule has 2 aromatic heterocycles. The van der Waals surface area contributed by atoms with Crippen molar-refractivity contribution in [3.8, 4) is 0 Å². The van der Waals surface area contributed by atoms with Gasteiger partial charge in [0.1, 0.15) is 5.82 Å². The monoisotopic (exact) mass is 282 g/mol. The van der Waals surface area contributed by atoms with Gasteiger partial charge >= 0.3 is 0 Å². The zero-order valence-corrected chi connectivity index (χ0v) is 11.5. The van der Waals surface area contributed by atoms with Crippen molar-refractivity contribution in [1.82, 2.24) is 14.6 Å². The first-order chi connectivity index (χ1) is 10.3. The van der Waals surface area contributed by atoms with Crippen molar-refractivity contribution in [2.24, 2.45) is 0 Å². The molecule has 3 aromatic rings. The van der Waals surface area contributed by atoms with Gasteiger partial charge in [0.15, 0.2) is 5.65 Å². The van der Waals surface area contributed by atoms with Gasteiger partial charge in [-0.15, -0.1) is 5.10 Å². The minimum Gasteiger partial charge on any atom is -0.350 e. The Morgan fingerprint density at radius 1 is 1.14 bits per heavy atom. The Balaban J connectivity index is 1.55. The number of aryl methyl sites for hydroxylation is 1. The van der Waals surface area contributed by atoms with Gasteiger partial charge in [-0.2, -0.15) is 4.98 Å². The summed E-state index contributed by atoms with van der Waals surface area (Å²) in [6, 6.07) is 11.9. The highest BCUT2D eigenvalue weighted by atomic mass is 19.1. The van der Waals surface area contributed by atoms with E-state index in [0.717, 1.165) is 19.3 Å². The van der Waals surface area contributed by atoms with Crippen LogP contribution in [0.5, 0.6) is 0 Å². The third-order valence-electron chi connectivity index (χ3n) is 3.97. The number of aromatic nitrogens is 3. The van der Waals surface area contributed by atoms with Gasteiger partial charge in [-0.05, 0) is 42.5 Å². The fourth-order valence-corrected chi connectivity index (χ4v) is 2.92. The normalized spacial score (nSPS) is 17.7. The van der Waals surface area contributed by atoms with Crippen molar-refractivity contribution in [2.45, 2.75) is 25.3 Å². The van der Waals surface area contributed by atoms with Crippen molar-refractivity contribution in [3.05, 3.63) is 59.5 Å². The Labute approximate surface area is 121 Å². The molecule has 5 heteroatoms. The first-order valence-electron chi connectivity index (χ1n) is 7.13. The average molecular weight is 282 g/mol. The number of halogens is 1. The summed E-state index contributed by atoms with van der Waals surface area (Å²) in [7, 11) is 0. The molecular weight excluding hydrogens is 267 g/mol. The maximum absolute atomic E-state index is 13.2. The van der Waals surface area contributed by atoms with Crippen LogP contribution in [0.4, 0.5) is 10.3 Å². The molecule has 1 aliphatic rings. The minimum atomic E-state index is -0.314. The number of anilines is 1. The zero-order valence-electron chi connectivity index (χ0n) is 11.5. The van der Waals surface area contributed by atoms with Crippen molar-refractivity contribution in [3.63, 3.8) is 0 Å². The lowest BCUT2D eigenvalue weighted by Gasteiger charge is -2.24. The molecule has 0 spiro atoms. The first-order valence-corrected chi connectivity index (χ1v) is 7.13. The maximum atomic E-state index is 13.2. The molecule has 1 N–H and O–H groups in total. The molecular formula is C16H15FN4. The summed E-state index contributed by atoms with van der Waals surface area (Å²) in [6.07, 6.45) is 4.43. The van der Waals surface area contributed by atoms with Crippen LogP contribution in [-0.4, -0.2) is 20.6 Å². The molecule has 1 unspecified atom stereocenters. The van der Waals surface area contributed by atoms with E-state index in [1.54, 1.807) is 6.07 Å². The summed E-state index contributed by atoms with van der Waals surface area (Å²) in [5.74, 6) is 0.246. The van der Waals surface area contributed by atoms with E-state index < -0.39 is 0 Å². The van der Waals surface area contributed by atoms with Crippen LogP contribution in [-0.2, 0) is 12.8 Å². The van der Waals surface area contributed by atoms with Gasteiger partial charge in [-0.25, -0.2) is 8.91 Å². The number of nitrogens with one attached hydrogen (secondary N) is 1. The number of benzene rings is 1. The Bertz CT molecular complexity index is 796. The minimum absolute atomic E-state index is 0.314. The van der Waals surface area contributed by atoms with E-state index in [2.05, 4.69) is 39.7 Å². The third-order valence-corrected chi connectivity index (χ3v) is 3.97. The zero-order chi connectivity index (χ0) is 14.2. The lowest BCUT2D eigenvalue weighted by atomic mass is 9.88. The molecule has 0 aliphatic heterocycles. The highest BCUT2D eigenvalue weighted by molar-refractivity contribution is 5.44. The van der Waals surface area contributed by atoms with Crippen LogP contribution in [0.3, 0.4) is 0 Å². The molecule has 0 amide bonds. The van der Waals surface area contributed by atoms with Gasteiger partial charge in [0, 0.05) is 6.04 Å². The summed E-state index contributed by atoms with van der Waals surface area (Å²) in [6.45, 7) is 0. The van der Waals surface area contributed by atoms with Gasteiger partial charge in [0.05, 0.1) is 6.20 Å². The highest BCUT2D eigenvalue weighted by Crippen LogP contribution is 2.23. The fourth-order valence-electron chi connectivity index (χ4n) is 2.92. The molecule has 1 aromatic carbocycles. The lowest BCUT2D eigenvalue weighted by molar-refractivity contribution is 0.604. The van der Waals surface area contributed by atoms with Crippen LogP contribution in [0.15, 0.2) is 42.6 Å². The number of nitrogens with zero attached hydrogens (tertiary/aromatic N) is 3. The van der Waals surface area contributed by atoms with Gasteiger partial charge < -0.3 is 5.32 Å².